The lowest BCUT2D eigenvalue weighted by Gasteiger charge is -2.20. The summed E-state index contributed by atoms with van der Waals surface area (Å²) >= 11 is 0. The zero-order valence-electron chi connectivity index (χ0n) is 15.9. The molecule has 1 saturated heterocycles. The van der Waals surface area contributed by atoms with Crippen molar-refractivity contribution in [1.29, 1.82) is 0 Å². The molecule has 1 heterocycles. The highest BCUT2D eigenvalue weighted by molar-refractivity contribution is 6.09. The number of nitrogens with zero attached hydrogens (tertiary/aromatic N) is 1. The fourth-order valence-electron chi connectivity index (χ4n) is 3.22. The first kappa shape index (κ1) is 20.4. The first-order valence-electron chi connectivity index (χ1n) is 9.02. The molecular formula is C19H20FN3O6. The smallest absolute Gasteiger partial charge is 0.326 e. The molecular weight excluding hydrogens is 385 g/mol. The molecule has 1 aromatic carbocycles. The Kier molecular flexibility index (Phi) is 5.36. The van der Waals surface area contributed by atoms with Crippen molar-refractivity contribution in [2.45, 2.75) is 32.2 Å². The number of amides is 4. The van der Waals surface area contributed by atoms with E-state index in [4.69, 9.17) is 4.74 Å². The summed E-state index contributed by atoms with van der Waals surface area (Å²) in [5.41, 5.74) is -1.16. The molecule has 9 nitrogen and oxygen atoms in total. The van der Waals surface area contributed by atoms with Gasteiger partial charge in [-0.15, -0.1) is 0 Å². The van der Waals surface area contributed by atoms with Gasteiger partial charge in [0.05, 0.1) is 5.56 Å². The van der Waals surface area contributed by atoms with Gasteiger partial charge in [0.2, 0.25) is 11.7 Å². The van der Waals surface area contributed by atoms with Gasteiger partial charge in [-0.1, -0.05) is 0 Å². The van der Waals surface area contributed by atoms with Crippen molar-refractivity contribution >= 4 is 35.3 Å². The predicted octanol–water partition coefficient (Wildman–Crippen LogP) is 1.23. The molecule has 3 rings (SSSR count). The van der Waals surface area contributed by atoms with E-state index < -0.39 is 54.1 Å². The highest BCUT2D eigenvalue weighted by Crippen LogP contribution is 2.42. The first-order valence-corrected chi connectivity index (χ1v) is 9.02. The van der Waals surface area contributed by atoms with Crippen LogP contribution in [0, 0.1) is 11.7 Å². The van der Waals surface area contributed by atoms with Crippen LogP contribution in [-0.2, 0) is 19.1 Å². The molecule has 4 amide bonds. The quantitative estimate of drug-likeness (QED) is 0.400. The summed E-state index contributed by atoms with van der Waals surface area (Å²) in [6, 6.07) is 2.79. The van der Waals surface area contributed by atoms with Gasteiger partial charge in [0, 0.05) is 12.6 Å². The van der Waals surface area contributed by atoms with Crippen molar-refractivity contribution in [3.05, 3.63) is 29.6 Å². The number of carbonyl (C=O) groups is 5. The number of anilines is 1. The van der Waals surface area contributed by atoms with Gasteiger partial charge in [0.1, 0.15) is 17.9 Å². The van der Waals surface area contributed by atoms with Crippen LogP contribution in [0.25, 0.3) is 0 Å². The third kappa shape index (κ3) is 4.25. The maximum absolute atomic E-state index is 14.1. The van der Waals surface area contributed by atoms with Crippen molar-refractivity contribution in [3.63, 3.8) is 0 Å². The van der Waals surface area contributed by atoms with Crippen LogP contribution in [0.15, 0.2) is 18.2 Å². The normalized spacial score (nSPS) is 21.0. The molecule has 0 unspecified atom stereocenters. The minimum atomic E-state index is -1.02. The van der Waals surface area contributed by atoms with E-state index in [9.17, 15) is 28.4 Å². The third-order valence-electron chi connectivity index (χ3n) is 4.94. The monoisotopic (exact) mass is 405 g/mol. The van der Waals surface area contributed by atoms with E-state index >= 15 is 0 Å². The number of imide groups is 1. The molecule has 154 valence electrons. The average molecular weight is 405 g/mol. The maximum atomic E-state index is 14.1. The molecule has 0 bridgehead atoms. The lowest BCUT2D eigenvalue weighted by atomic mass is 9.96. The molecule has 2 N–H and O–H groups in total. The van der Waals surface area contributed by atoms with E-state index in [1.807, 2.05) is 0 Å². The van der Waals surface area contributed by atoms with E-state index in [2.05, 4.69) is 10.6 Å². The number of esters is 1. The Balaban J connectivity index is 1.55. The number of benzene rings is 1. The number of hydrogen-bond acceptors (Lipinski definition) is 6. The lowest BCUT2D eigenvalue weighted by molar-refractivity contribution is -0.146. The molecule has 29 heavy (non-hydrogen) atoms. The fourth-order valence-corrected chi connectivity index (χ4v) is 3.22. The van der Waals surface area contributed by atoms with Crippen molar-refractivity contribution in [1.82, 2.24) is 10.2 Å². The van der Waals surface area contributed by atoms with Gasteiger partial charge in [-0.05, 0) is 43.9 Å². The number of Topliss-reactive ketones (excluding diaryl/α,β-unsaturated/α-hetero) is 1. The van der Waals surface area contributed by atoms with Gasteiger partial charge in [-0.2, -0.15) is 0 Å². The van der Waals surface area contributed by atoms with Gasteiger partial charge >= 0.3 is 12.0 Å². The zero-order valence-corrected chi connectivity index (χ0v) is 15.9. The standard InChI is InChI=1S/C19H20FN3O6/c1-10(24)21-12-5-6-13(14(20)7-12)15(25)9-29-16(26)8-23-17(27)19(2,11-3-4-11)22-18(23)28/h5-7,11H,3-4,8-9H2,1-2H3,(H,21,24)(H,22,28)/t19-/m0/s1. The topological polar surface area (TPSA) is 122 Å². The Hall–Kier alpha value is -3.30. The average Bonchev–Trinajstić information content (AvgIpc) is 3.45. The molecule has 1 aliphatic carbocycles. The van der Waals surface area contributed by atoms with Crippen LogP contribution in [0.1, 0.15) is 37.0 Å². The summed E-state index contributed by atoms with van der Waals surface area (Å²) in [7, 11) is 0. The highest BCUT2D eigenvalue weighted by Gasteiger charge is 2.56. The van der Waals surface area contributed by atoms with E-state index in [0.717, 1.165) is 29.9 Å². The van der Waals surface area contributed by atoms with Gasteiger partial charge in [-0.3, -0.25) is 24.1 Å². The molecule has 0 aromatic heterocycles. The zero-order chi connectivity index (χ0) is 21.3. The van der Waals surface area contributed by atoms with Crippen LogP contribution in [-0.4, -0.2) is 53.2 Å². The van der Waals surface area contributed by atoms with Crippen LogP contribution in [0.4, 0.5) is 14.9 Å². The summed E-state index contributed by atoms with van der Waals surface area (Å²) in [5.74, 6) is -3.50. The third-order valence-corrected chi connectivity index (χ3v) is 4.94. The van der Waals surface area contributed by atoms with Crippen LogP contribution >= 0.6 is 0 Å². The Morgan fingerprint density at radius 3 is 2.59 bits per heavy atom. The number of hydrogen-bond donors (Lipinski definition) is 2. The minimum Gasteiger partial charge on any atom is -0.456 e. The SMILES string of the molecule is CC(=O)Nc1ccc(C(=O)COC(=O)CN2C(=O)N[C@@](C)(C3CC3)C2=O)c(F)c1. The van der Waals surface area contributed by atoms with E-state index in [1.165, 1.54) is 13.0 Å². The highest BCUT2D eigenvalue weighted by atomic mass is 19.1. The first-order chi connectivity index (χ1) is 13.6. The Bertz CT molecular complexity index is 913. The largest absolute Gasteiger partial charge is 0.456 e. The number of urea groups is 1. The van der Waals surface area contributed by atoms with Crippen LogP contribution in [0.2, 0.25) is 0 Å². The summed E-state index contributed by atoms with van der Waals surface area (Å²) in [6.45, 7) is 1.49. The molecule has 1 atom stereocenters. The predicted molar refractivity (Wildman–Crippen MR) is 97.4 cm³/mol. The van der Waals surface area contributed by atoms with E-state index in [0.29, 0.717) is 0 Å². The Labute approximate surface area is 165 Å². The van der Waals surface area contributed by atoms with Crippen molar-refractivity contribution < 1.29 is 33.1 Å². The van der Waals surface area contributed by atoms with Gasteiger partial charge < -0.3 is 15.4 Å². The lowest BCUT2D eigenvalue weighted by Crippen LogP contribution is -2.46. The second-order valence-electron chi connectivity index (χ2n) is 7.26. The van der Waals surface area contributed by atoms with Gasteiger partial charge in [-0.25, -0.2) is 9.18 Å². The fraction of sp³-hybridized carbons (Fsp3) is 0.421. The molecule has 1 saturated carbocycles. The van der Waals surface area contributed by atoms with Crippen molar-refractivity contribution in [3.8, 4) is 0 Å². The van der Waals surface area contributed by atoms with Gasteiger partial charge in [0.25, 0.3) is 5.91 Å². The summed E-state index contributed by atoms with van der Waals surface area (Å²) < 4.78 is 18.9. The van der Waals surface area contributed by atoms with E-state index in [-0.39, 0.29) is 17.2 Å². The molecule has 0 spiro atoms. The number of rotatable bonds is 7. The molecule has 1 aliphatic heterocycles. The second-order valence-corrected chi connectivity index (χ2v) is 7.26. The molecule has 2 aliphatic rings. The van der Waals surface area contributed by atoms with Crippen LogP contribution in [0.5, 0.6) is 0 Å². The molecule has 1 aromatic rings. The number of ketones is 1. The van der Waals surface area contributed by atoms with Crippen LogP contribution in [0.3, 0.4) is 0 Å². The summed E-state index contributed by atoms with van der Waals surface area (Å²) in [4.78, 5) is 60.3. The Morgan fingerprint density at radius 2 is 2.00 bits per heavy atom. The van der Waals surface area contributed by atoms with Gasteiger partial charge in [0.15, 0.2) is 6.61 Å². The maximum Gasteiger partial charge on any atom is 0.326 e. The summed E-state index contributed by atoms with van der Waals surface area (Å²) in [5, 5.41) is 4.98. The number of nitrogens with one attached hydrogen (secondary N) is 2. The molecule has 2 fully saturated rings. The van der Waals surface area contributed by atoms with Crippen LogP contribution < -0.4 is 10.6 Å². The Morgan fingerprint density at radius 1 is 1.31 bits per heavy atom. The number of ether oxygens (including phenoxy) is 1. The minimum absolute atomic E-state index is 0.0463. The van der Waals surface area contributed by atoms with Crippen molar-refractivity contribution in [2.24, 2.45) is 5.92 Å². The molecule has 10 heteroatoms. The number of halogens is 1. The molecule has 0 radical (unpaired) electrons. The number of carbonyl (C=O) groups excluding carboxylic acids is 5. The second kappa shape index (κ2) is 7.61. The summed E-state index contributed by atoms with van der Waals surface area (Å²) in [6.07, 6.45) is 1.64. The van der Waals surface area contributed by atoms with E-state index in [1.54, 1.807) is 6.92 Å². The van der Waals surface area contributed by atoms with Crippen molar-refractivity contribution in [2.75, 3.05) is 18.5 Å².